The number of rotatable bonds is 9. The Labute approximate surface area is 205 Å². The van der Waals surface area contributed by atoms with Gasteiger partial charge in [0.1, 0.15) is 17.8 Å². The molecule has 1 fully saturated rings. The van der Waals surface area contributed by atoms with Crippen molar-refractivity contribution in [2.75, 3.05) is 36.7 Å². The fourth-order valence-corrected chi connectivity index (χ4v) is 3.96. The number of nitrogens with zero attached hydrogens (tertiary/aromatic N) is 4. The number of nitrogens with one attached hydrogen (secondary N) is 1. The van der Waals surface area contributed by atoms with Gasteiger partial charge in [-0.05, 0) is 44.5 Å². The maximum absolute atomic E-state index is 14.7. The molecule has 1 aliphatic heterocycles. The highest BCUT2D eigenvalue weighted by Gasteiger charge is 2.26. The molecule has 0 aliphatic carbocycles. The zero-order chi connectivity index (χ0) is 25.5. The summed E-state index contributed by atoms with van der Waals surface area (Å²) < 4.78 is 62.8. The first-order chi connectivity index (χ1) is 17.4. The van der Waals surface area contributed by atoms with E-state index < -0.39 is 34.9 Å². The number of carbonyl (C=O) groups is 1. The molecule has 2 aromatic carbocycles. The molecule has 7 nitrogen and oxygen atoms in total. The number of ether oxygens (including phenoxy) is 1. The van der Waals surface area contributed by atoms with Crippen LogP contribution in [0.5, 0.6) is 5.75 Å². The lowest BCUT2D eigenvalue weighted by atomic mass is 10.1. The fraction of sp³-hybridized carbons (Fsp3) is 0.320. The molecule has 0 bridgehead atoms. The summed E-state index contributed by atoms with van der Waals surface area (Å²) in [6, 6.07) is 4.64. The number of hydrogen-bond acceptors (Lipinski definition) is 6. The molecule has 0 saturated carbocycles. The number of benzene rings is 2. The molecule has 1 amide bonds. The normalized spacial score (nSPS) is 13.9. The number of hydrogen-bond donors (Lipinski definition) is 1. The fourth-order valence-electron chi connectivity index (χ4n) is 3.96. The second-order valence-corrected chi connectivity index (χ2v) is 8.35. The van der Waals surface area contributed by atoms with Crippen LogP contribution < -0.4 is 15.2 Å². The lowest BCUT2D eigenvalue weighted by Gasteiger charge is -2.26. The van der Waals surface area contributed by atoms with E-state index >= 15 is 0 Å². The highest BCUT2D eigenvalue weighted by Crippen LogP contribution is 2.28. The first kappa shape index (κ1) is 25.4. The van der Waals surface area contributed by atoms with Crippen molar-refractivity contribution in [1.82, 2.24) is 14.9 Å². The first-order valence-corrected chi connectivity index (χ1v) is 11.6. The van der Waals surface area contributed by atoms with E-state index in [1.165, 1.54) is 37.7 Å². The summed E-state index contributed by atoms with van der Waals surface area (Å²) in [4.78, 5) is 22.8. The molecular formula is C25H25F4N5O2. The van der Waals surface area contributed by atoms with Crippen LogP contribution in [0.2, 0.25) is 0 Å². The van der Waals surface area contributed by atoms with E-state index in [1.807, 2.05) is 0 Å². The molecular weight excluding hydrogens is 478 g/mol. The van der Waals surface area contributed by atoms with E-state index in [0.717, 1.165) is 44.5 Å². The van der Waals surface area contributed by atoms with E-state index in [9.17, 15) is 22.4 Å². The average molecular weight is 504 g/mol. The minimum absolute atomic E-state index is 0.00138. The Morgan fingerprint density at radius 2 is 1.67 bits per heavy atom. The minimum Gasteiger partial charge on any atom is -0.490 e. The van der Waals surface area contributed by atoms with Gasteiger partial charge in [-0.25, -0.2) is 32.5 Å². The Morgan fingerprint density at radius 3 is 2.33 bits per heavy atom. The van der Waals surface area contributed by atoms with Crippen LogP contribution in [-0.4, -0.2) is 47.0 Å². The number of anilines is 2. The van der Waals surface area contributed by atoms with Crippen LogP contribution in [0.3, 0.4) is 0 Å². The average Bonchev–Trinajstić information content (AvgIpc) is 2.87. The highest BCUT2D eigenvalue weighted by atomic mass is 19.1. The summed E-state index contributed by atoms with van der Waals surface area (Å²) >= 11 is 0. The molecule has 4 rings (SSSR count). The van der Waals surface area contributed by atoms with Crippen molar-refractivity contribution in [2.45, 2.75) is 25.7 Å². The zero-order valence-electron chi connectivity index (χ0n) is 19.4. The van der Waals surface area contributed by atoms with Gasteiger partial charge in [-0.15, -0.1) is 0 Å². The van der Waals surface area contributed by atoms with Gasteiger partial charge < -0.3 is 9.64 Å². The Morgan fingerprint density at radius 1 is 0.972 bits per heavy atom. The summed E-state index contributed by atoms with van der Waals surface area (Å²) in [5, 5.41) is 0.511. The molecule has 1 saturated heterocycles. The van der Waals surface area contributed by atoms with Gasteiger partial charge in [0.05, 0.1) is 17.9 Å². The molecule has 1 N–H and O–H groups in total. The minimum atomic E-state index is -1.33. The number of halogens is 4. The predicted octanol–water partition coefficient (Wildman–Crippen LogP) is 4.96. The number of amides is 1. The molecule has 0 radical (unpaired) electrons. The Bertz CT molecular complexity index is 1170. The van der Waals surface area contributed by atoms with Gasteiger partial charge in [0.25, 0.3) is 5.91 Å². The van der Waals surface area contributed by atoms with E-state index in [0.29, 0.717) is 23.7 Å². The van der Waals surface area contributed by atoms with Gasteiger partial charge in [0.2, 0.25) is 0 Å². The summed E-state index contributed by atoms with van der Waals surface area (Å²) in [7, 11) is 0. The third-order valence-corrected chi connectivity index (χ3v) is 5.71. The second-order valence-electron chi connectivity index (χ2n) is 8.35. The number of hydrazine groups is 1. The predicted molar refractivity (Wildman–Crippen MR) is 126 cm³/mol. The molecule has 11 heteroatoms. The van der Waals surface area contributed by atoms with Crippen LogP contribution >= 0.6 is 0 Å². The molecule has 36 heavy (non-hydrogen) atoms. The van der Waals surface area contributed by atoms with Crippen LogP contribution in [-0.2, 0) is 0 Å². The number of aromatic nitrogens is 2. The lowest BCUT2D eigenvalue weighted by molar-refractivity contribution is 0.0990. The standard InChI is InChI=1S/C25H25F4N5O2/c26-18-11-21(28)24(22(29)12-18)34(25(35)17-14-30-16-31-15-17)32-19-5-6-23(20(27)13-19)36-10-4-9-33-7-2-1-3-8-33/h5-6,11-16,32H,1-4,7-10H2. The highest BCUT2D eigenvalue weighted by molar-refractivity contribution is 6.07. The second kappa shape index (κ2) is 11.8. The molecule has 1 aromatic heterocycles. The lowest BCUT2D eigenvalue weighted by Crippen LogP contribution is -2.38. The monoisotopic (exact) mass is 503 g/mol. The maximum atomic E-state index is 14.7. The Hall–Kier alpha value is -3.73. The summed E-state index contributed by atoms with van der Waals surface area (Å²) in [5.74, 6) is -5.49. The summed E-state index contributed by atoms with van der Waals surface area (Å²) in [6.45, 7) is 3.32. The molecule has 2 heterocycles. The quantitative estimate of drug-likeness (QED) is 0.253. The van der Waals surface area contributed by atoms with Crippen molar-refractivity contribution in [1.29, 1.82) is 0 Å². The first-order valence-electron chi connectivity index (χ1n) is 11.6. The van der Waals surface area contributed by atoms with Crippen molar-refractivity contribution >= 4 is 17.3 Å². The van der Waals surface area contributed by atoms with Crippen molar-refractivity contribution < 1.29 is 27.1 Å². The Kier molecular flexibility index (Phi) is 8.32. The topological polar surface area (TPSA) is 70.6 Å². The Balaban J connectivity index is 1.49. The van der Waals surface area contributed by atoms with Gasteiger partial charge >= 0.3 is 0 Å². The van der Waals surface area contributed by atoms with Crippen molar-refractivity contribution in [3.05, 3.63) is 77.9 Å². The van der Waals surface area contributed by atoms with Gasteiger partial charge in [-0.1, -0.05) is 6.42 Å². The number of carbonyl (C=O) groups excluding carboxylic acids is 1. The van der Waals surface area contributed by atoms with E-state index in [1.54, 1.807) is 0 Å². The van der Waals surface area contributed by atoms with Crippen LogP contribution in [0.4, 0.5) is 28.9 Å². The van der Waals surface area contributed by atoms with Crippen molar-refractivity contribution in [3.8, 4) is 5.75 Å². The maximum Gasteiger partial charge on any atom is 0.280 e. The molecule has 0 unspecified atom stereocenters. The van der Waals surface area contributed by atoms with Gasteiger partial charge in [-0.3, -0.25) is 10.2 Å². The van der Waals surface area contributed by atoms with Gasteiger partial charge in [0.15, 0.2) is 23.2 Å². The van der Waals surface area contributed by atoms with Crippen molar-refractivity contribution in [2.24, 2.45) is 0 Å². The van der Waals surface area contributed by atoms with Crippen LogP contribution in [0.15, 0.2) is 49.1 Å². The van der Waals surface area contributed by atoms with Crippen LogP contribution in [0.25, 0.3) is 0 Å². The van der Waals surface area contributed by atoms with E-state index in [2.05, 4.69) is 20.3 Å². The molecule has 0 spiro atoms. The zero-order valence-corrected chi connectivity index (χ0v) is 19.4. The number of likely N-dealkylation sites (tertiary alicyclic amines) is 1. The summed E-state index contributed by atoms with van der Waals surface area (Å²) in [6.07, 6.45) is 7.83. The van der Waals surface area contributed by atoms with Gasteiger partial charge in [-0.2, -0.15) is 0 Å². The van der Waals surface area contributed by atoms with E-state index in [4.69, 9.17) is 4.74 Å². The number of piperidine rings is 1. The SMILES string of the molecule is O=C(c1cncnc1)N(Nc1ccc(OCCCN2CCCCC2)c(F)c1)c1c(F)cc(F)cc1F. The van der Waals surface area contributed by atoms with Crippen LogP contribution in [0, 0.1) is 23.3 Å². The van der Waals surface area contributed by atoms with Crippen LogP contribution in [0.1, 0.15) is 36.0 Å². The van der Waals surface area contributed by atoms with Crippen molar-refractivity contribution in [3.63, 3.8) is 0 Å². The van der Waals surface area contributed by atoms with Gasteiger partial charge in [0, 0.05) is 37.1 Å². The summed E-state index contributed by atoms with van der Waals surface area (Å²) in [5.41, 5.74) is 1.52. The molecule has 190 valence electrons. The third kappa shape index (κ3) is 6.28. The smallest absolute Gasteiger partial charge is 0.280 e. The van der Waals surface area contributed by atoms with E-state index in [-0.39, 0.29) is 17.0 Å². The molecule has 1 aliphatic rings. The third-order valence-electron chi connectivity index (χ3n) is 5.71. The molecule has 0 atom stereocenters. The molecule has 3 aromatic rings. The largest absolute Gasteiger partial charge is 0.490 e.